The lowest BCUT2D eigenvalue weighted by Gasteiger charge is -2.30. The molecule has 0 bridgehead atoms. The first kappa shape index (κ1) is 20.9. The van der Waals surface area contributed by atoms with Gasteiger partial charge in [-0.2, -0.15) is 0 Å². The van der Waals surface area contributed by atoms with E-state index in [1.165, 1.54) is 24.3 Å². The minimum atomic E-state index is -1.86. The van der Waals surface area contributed by atoms with Crippen LogP contribution in [0.25, 0.3) is 0 Å². The monoisotopic (exact) mass is 457 g/mol. The molecule has 0 saturated carbocycles. The summed E-state index contributed by atoms with van der Waals surface area (Å²) in [5.74, 6) is -3.82. The van der Waals surface area contributed by atoms with E-state index in [1.54, 1.807) is 0 Å². The summed E-state index contributed by atoms with van der Waals surface area (Å²) in [6.45, 7) is -0.410. The summed E-state index contributed by atoms with van der Waals surface area (Å²) in [6, 6.07) is 3.72. The lowest BCUT2D eigenvalue weighted by molar-refractivity contribution is -0.527. The van der Waals surface area contributed by atoms with E-state index >= 15 is 4.39 Å². The van der Waals surface area contributed by atoms with Crippen LogP contribution in [-0.2, 0) is 10.3 Å². The van der Waals surface area contributed by atoms with Crippen molar-refractivity contribution in [2.24, 2.45) is 0 Å². The van der Waals surface area contributed by atoms with Crippen LogP contribution in [0, 0.1) is 21.7 Å². The number of hydrogen-bond donors (Lipinski definition) is 3. The Bertz CT molecular complexity index is 1070. The maximum absolute atomic E-state index is 15.0. The number of anilines is 1. The van der Waals surface area contributed by atoms with E-state index in [0.29, 0.717) is 0 Å². The molecule has 1 fully saturated rings. The number of benzene rings is 2. The molecule has 2 aliphatic heterocycles. The molecule has 2 heterocycles. The van der Waals surface area contributed by atoms with Crippen molar-refractivity contribution in [2.75, 3.05) is 11.9 Å². The molecule has 2 aliphatic rings. The Labute approximate surface area is 179 Å². The van der Waals surface area contributed by atoms with Crippen LogP contribution in [0.4, 0.5) is 14.5 Å². The van der Waals surface area contributed by atoms with Gasteiger partial charge in [0.1, 0.15) is 17.2 Å². The Balaban J connectivity index is 2.03. The number of rotatable bonds is 4. The normalized spacial score (nSPS) is 27.4. The maximum atomic E-state index is 15.0. The van der Waals surface area contributed by atoms with Gasteiger partial charge >= 0.3 is 0 Å². The molecule has 158 valence electrons. The molecule has 1 amide bonds. The topological polar surface area (TPSA) is 104 Å². The van der Waals surface area contributed by atoms with Crippen molar-refractivity contribution < 1.29 is 23.6 Å². The van der Waals surface area contributed by atoms with Crippen molar-refractivity contribution in [1.82, 2.24) is 5.32 Å². The SMILES string of the molecule is O=C1Nc2cc(Cl)c(F)cc2[C@]12N[C@@H](CCO)[C@@H]([N+](=O)[O-])[C@@H]2c1cccc(Cl)c1F. The molecule has 2 aromatic carbocycles. The molecule has 4 atom stereocenters. The van der Waals surface area contributed by atoms with E-state index < -0.39 is 52.6 Å². The van der Waals surface area contributed by atoms with Crippen molar-refractivity contribution in [1.29, 1.82) is 0 Å². The van der Waals surface area contributed by atoms with Gasteiger partial charge in [0, 0.05) is 28.3 Å². The number of aliphatic hydroxyl groups is 1. The van der Waals surface area contributed by atoms with Crippen LogP contribution >= 0.6 is 23.2 Å². The second-order valence-electron chi connectivity index (χ2n) is 7.23. The van der Waals surface area contributed by atoms with Crippen LogP contribution in [-0.4, -0.2) is 34.6 Å². The number of hydrogen-bond acceptors (Lipinski definition) is 5. The second-order valence-corrected chi connectivity index (χ2v) is 8.05. The van der Waals surface area contributed by atoms with E-state index in [0.717, 1.165) is 6.07 Å². The van der Waals surface area contributed by atoms with Gasteiger partial charge < -0.3 is 10.4 Å². The largest absolute Gasteiger partial charge is 0.396 e. The van der Waals surface area contributed by atoms with Crippen molar-refractivity contribution in [3.05, 3.63) is 73.3 Å². The summed E-state index contributed by atoms with van der Waals surface area (Å²) >= 11 is 11.7. The van der Waals surface area contributed by atoms with E-state index in [-0.39, 0.29) is 33.3 Å². The molecular formula is C19H15Cl2F2N3O4. The second kappa shape index (κ2) is 7.42. The fourth-order valence-electron chi connectivity index (χ4n) is 4.56. The highest BCUT2D eigenvalue weighted by atomic mass is 35.5. The third-order valence-corrected chi connectivity index (χ3v) is 6.31. The molecule has 4 rings (SSSR count). The average Bonchev–Trinajstić information content (AvgIpc) is 3.15. The maximum Gasteiger partial charge on any atom is 0.250 e. The highest BCUT2D eigenvalue weighted by Gasteiger charge is 2.67. The average molecular weight is 458 g/mol. The van der Waals surface area contributed by atoms with Crippen LogP contribution < -0.4 is 10.6 Å². The molecule has 1 spiro atoms. The lowest BCUT2D eigenvalue weighted by atomic mass is 9.74. The summed E-state index contributed by atoms with van der Waals surface area (Å²) in [5, 5.41) is 26.4. The van der Waals surface area contributed by atoms with Gasteiger partial charge in [0.15, 0.2) is 0 Å². The quantitative estimate of drug-likeness (QED) is 0.482. The molecule has 7 nitrogen and oxygen atoms in total. The molecule has 11 heteroatoms. The van der Waals surface area contributed by atoms with Gasteiger partial charge in [-0.3, -0.25) is 20.2 Å². The molecular weight excluding hydrogens is 443 g/mol. The van der Waals surface area contributed by atoms with Crippen molar-refractivity contribution >= 4 is 34.8 Å². The predicted molar refractivity (Wildman–Crippen MR) is 105 cm³/mol. The summed E-state index contributed by atoms with van der Waals surface area (Å²) in [6.07, 6.45) is -0.0786. The fraction of sp³-hybridized carbons (Fsp3) is 0.316. The van der Waals surface area contributed by atoms with Gasteiger partial charge in [0.05, 0.1) is 22.0 Å². The third kappa shape index (κ3) is 2.88. The highest BCUT2D eigenvalue weighted by molar-refractivity contribution is 6.31. The summed E-state index contributed by atoms with van der Waals surface area (Å²) in [4.78, 5) is 24.6. The van der Waals surface area contributed by atoms with Crippen molar-refractivity contribution in [3.63, 3.8) is 0 Å². The zero-order valence-electron chi connectivity index (χ0n) is 15.2. The minimum Gasteiger partial charge on any atom is -0.396 e. The van der Waals surface area contributed by atoms with Crippen LogP contribution in [0.15, 0.2) is 30.3 Å². The Morgan fingerprint density at radius 1 is 1.23 bits per heavy atom. The number of nitro groups is 1. The zero-order valence-corrected chi connectivity index (χ0v) is 16.7. The van der Waals surface area contributed by atoms with Gasteiger partial charge in [0.2, 0.25) is 11.9 Å². The predicted octanol–water partition coefficient (Wildman–Crippen LogP) is 3.20. The molecule has 2 aromatic rings. The smallest absolute Gasteiger partial charge is 0.250 e. The first-order chi connectivity index (χ1) is 14.2. The Kier molecular flexibility index (Phi) is 5.17. The Morgan fingerprint density at radius 3 is 2.63 bits per heavy atom. The van der Waals surface area contributed by atoms with Gasteiger partial charge in [-0.15, -0.1) is 0 Å². The summed E-state index contributed by atoms with van der Waals surface area (Å²) < 4.78 is 29.4. The van der Waals surface area contributed by atoms with Gasteiger partial charge in [-0.05, 0) is 24.6 Å². The van der Waals surface area contributed by atoms with Crippen molar-refractivity contribution in [3.8, 4) is 0 Å². The number of nitrogens with one attached hydrogen (secondary N) is 2. The highest BCUT2D eigenvalue weighted by Crippen LogP contribution is 2.54. The minimum absolute atomic E-state index is 0.0751. The van der Waals surface area contributed by atoms with Crippen LogP contribution in [0.3, 0.4) is 0 Å². The fourth-order valence-corrected chi connectivity index (χ4v) is 4.90. The molecule has 3 N–H and O–H groups in total. The van der Waals surface area contributed by atoms with E-state index in [4.69, 9.17) is 23.2 Å². The first-order valence-corrected chi connectivity index (χ1v) is 9.75. The van der Waals surface area contributed by atoms with E-state index in [1.807, 2.05) is 0 Å². The molecule has 1 saturated heterocycles. The summed E-state index contributed by atoms with van der Waals surface area (Å²) in [5.41, 5.74) is -1.77. The number of amides is 1. The third-order valence-electron chi connectivity index (χ3n) is 5.73. The number of halogens is 4. The molecule has 0 unspecified atom stereocenters. The van der Waals surface area contributed by atoms with Crippen LogP contribution in [0.2, 0.25) is 10.0 Å². The Morgan fingerprint density at radius 2 is 1.97 bits per heavy atom. The molecule has 0 radical (unpaired) electrons. The van der Waals surface area contributed by atoms with Crippen LogP contribution in [0.5, 0.6) is 0 Å². The molecule has 30 heavy (non-hydrogen) atoms. The lowest BCUT2D eigenvalue weighted by Crippen LogP contribution is -2.49. The number of aliphatic hydroxyl groups excluding tert-OH is 1. The number of nitrogens with zero attached hydrogens (tertiary/aromatic N) is 1. The molecule has 0 aromatic heterocycles. The van der Waals surface area contributed by atoms with Gasteiger partial charge in [-0.1, -0.05) is 35.3 Å². The zero-order chi connectivity index (χ0) is 21.8. The number of carbonyl (C=O) groups is 1. The van der Waals surface area contributed by atoms with Gasteiger partial charge in [-0.25, -0.2) is 8.78 Å². The number of carbonyl (C=O) groups excluding carboxylic acids is 1. The molecule has 0 aliphatic carbocycles. The van der Waals surface area contributed by atoms with Crippen LogP contribution in [0.1, 0.15) is 23.5 Å². The van der Waals surface area contributed by atoms with Crippen molar-refractivity contribution in [2.45, 2.75) is 30.0 Å². The number of fused-ring (bicyclic) bond motifs is 2. The van der Waals surface area contributed by atoms with E-state index in [2.05, 4.69) is 10.6 Å². The standard InChI is InChI=1S/C19H15Cl2F2N3O4/c20-10-3-1-2-8(16(10)23)15-17(26(29)30)13(4-5-27)25-19(15)9-6-12(22)11(21)7-14(9)24-18(19)28/h1-3,6-7,13,15,17,25,27H,4-5H2,(H,24,28)/t13-,15-,17+,19+/m0/s1. The first-order valence-electron chi connectivity index (χ1n) is 8.99. The van der Waals surface area contributed by atoms with E-state index in [9.17, 15) is 24.4 Å². The Hall–Kier alpha value is -2.33. The van der Waals surface area contributed by atoms with Gasteiger partial charge in [0.25, 0.3) is 0 Å². The summed E-state index contributed by atoms with van der Waals surface area (Å²) in [7, 11) is 0.